The molecule has 0 aliphatic carbocycles. The first kappa shape index (κ1) is 17.1. The zero-order chi connectivity index (χ0) is 14.8. The number of hydrogen-bond donors (Lipinski definition) is 4. The van der Waals surface area contributed by atoms with E-state index in [-0.39, 0.29) is 11.9 Å². The van der Waals surface area contributed by atoms with E-state index in [4.69, 9.17) is 22.9 Å². The molecule has 8 N–H and O–H groups in total. The average molecular weight is 273 g/mol. The molecule has 0 saturated carbocycles. The molecule has 0 spiro atoms. The molecule has 1 unspecified atom stereocenters. The summed E-state index contributed by atoms with van der Waals surface area (Å²) >= 11 is 0. The van der Waals surface area contributed by atoms with Crippen LogP contribution in [0.25, 0.3) is 0 Å². The number of oxime groups is 1. The van der Waals surface area contributed by atoms with Gasteiger partial charge in [0.25, 0.3) is 5.96 Å². The monoisotopic (exact) mass is 273 g/mol. The van der Waals surface area contributed by atoms with E-state index in [1.54, 1.807) is 14.1 Å². The maximum atomic E-state index is 11.4. The van der Waals surface area contributed by atoms with E-state index < -0.39 is 12.0 Å². The van der Waals surface area contributed by atoms with Crippen molar-refractivity contribution in [1.29, 1.82) is 0 Å². The average Bonchev–Trinajstić information content (AvgIpc) is 2.35. The van der Waals surface area contributed by atoms with Crippen molar-refractivity contribution < 1.29 is 9.63 Å². The Morgan fingerprint density at radius 3 is 2.47 bits per heavy atom. The summed E-state index contributed by atoms with van der Waals surface area (Å²) in [6.07, 6.45) is 2.03. The molecule has 0 amide bonds. The van der Waals surface area contributed by atoms with Crippen LogP contribution in [-0.2, 0) is 9.63 Å². The fraction of sp³-hybridized carbons (Fsp3) is 0.700. The molecule has 0 bridgehead atoms. The fourth-order valence-corrected chi connectivity index (χ4v) is 1.02. The van der Waals surface area contributed by atoms with Crippen molar-refractivity contribution in [2.45, 2.75) is 25.3 Å². The van der Waals surface area contributed by atoms with Crippen molar-refractivity contribution >= 4 is 17.9 Å². The third-order valence-electron chi connectivity index (χ3n) is 2.19. The molecule has 0 aliphatic rings. The first-order valence-electron chi connectivity index (χ1n) is 5.90. The molecule has 9 heteroatoms. The van der Waals surface area contributed by atoms with Crippen LogP contribution in [0.1, 0.15) is 19.3 Å². The highest BCUT2D eigenvalue weighted by atomic mass is 16.7. The van der Waals surface area contributed by atoms with E-state index in [1.807, 2.05) is 0 Å². The van der Waals surface area contributed by atoms with Gasteiger partial charge in [0, 0.05) is 14.1 Å². The summed E-state index contributed by atoms with van der Waals surface area (Å²) in [5.74, 6) is -0.781. The Morgan fingerprint density at radius 2 is 1.95 bits per heavy atom. The molecule has 9 nitrogen and oxygen atoms in total. The lowest BCUT2D eigenvalue weighted by Crippen LogP contribution is -2.33. The van der Waals surface area contributed by atoms with E-state index in [0.717, 1.165) is 12.8 Å². The number of guanidine groups is 2. The number of rotatable bonds is 6. The standard InChI is InChI=1S/C10H23N7O2/c1-17(2)10(14)15-9(13)16-19-8(18)7(12)5-3-4-6-11/h7H,3-6,11-12H2,1-2H3,(H4,13,14,15,16). The molecule has 0 saturated heterocycles. The van der Waals surface area contributed by atoms with Crippen LogP contribution in [0.5, 0.6) is 0 Å². The Balaban J connectivity index is 4.23. The first-order valence-corrected chi connectivity index (χ1v) is 5.90. The van der Waals surface area contributed by atoms with Gasteiger partial charge < -0.3 is 32.7 Å². The zero-order valence-corrected chi connectivity index (χ0v) is 11.4. The minimum atomic E-state index is -0.752. The van der Waals surface area contributed by atoms with Crippen LogP contribution in [0, 0.1) is 0 Å². The predicted molar refractivity (Wildman–Crippen MR) is 73.9 cm³/mol. The molecule has 0 aliphatic heterocycles. The number of carbonyl (C=O) groups is 1. The number of carbonyl (C=O) groups excluding carboxylic acids is 1. The quantitative estimate of drug-likeness (QED) is 0.144. The van der Waals surface area contributed by atoms with Gasteiger partial charge >= 0.3 is 5.97 Å². The Labute approximate surface area is 112 Å². The van der Waals surface area contributed by atoms with Crippen LogP contribution in [0.4, 0.5) is 0 Å². The third kappa shape index (κ3) is 7.95. The lowest BCUT2D eigenvalue weighted by molar-refractivity contribution is -0.145. The van der Waals surface area contributed by atoms with Crippen molar-refractivity contribution in [3.05, 3.63) is 0 Å². The zero-order valence-electron chi connectivity index (χ0n) is 11.4. The molecular formula is C10H23N7O2. The van der Waals surface area contributed by atoms with Crippen molar-refractivity contribution in [3.63, 3.8) is 0 Å². The van der Waals surface area contributed by atoms with Gasteiger partial charge in [-0.3, -0.25) is 0 Å². The fourth-order valence-electron chi connectivity index (χ4n) is 1.02. The number of nitrogens with zero attached hydrogens (tertiary/aromatic N) is 3. The van der Waals surface area contributed by atoms with E-state index >= 15 is 0 Å². The predicted octanol–water partition coefficient (Wildman–Crippen LogP) is -1.91. The maximum Gasteiger partial charge on any atom is 0.351 e. The molecule has 0 aromatic rings. The molecular weight excluding hydrogens is 250 g/mol. The minimum Gasteiger partial charge on any atom is -0.369 e. The highest BCUT2D eigenvalue weighted by Gasteiger charge is 2.15. The topological polar surface area (TPSA) is 158 Å². The second-order valence-corrected chi connectivity index (χ2v) is 4.12. The summed E-state index contributed by atoms with van der Waals surface area (Å²) < 4.78 is 0. The van der Waals surface area contributed by atoms with Gasteiger partial charge in [-0.05, 0) is 24.5 Å². The van der Waals surface area contributed by atoms with Crippen molar-refractivity contribution in [3.8, 4) is 0 Å². The van der Waals surface area contributed by atoms with Crippen LogP contribution >= 0.6 is 0 Å². The van der Waals surface area contributed by atoms with Crippen LogP contribution in [-0.4, -0.2) is 49.5 Å². The van der Waals surface area contributed by atoms with Crippen LogP contribution < -0.4 is 22.9 Å². The third-order valence-corrected chi connectivity index (χ3v) is 2.19. The molecule has 1 atom stereocenters. The number of nitrogens with two attached hydrogens (primary N) is 4. The highest BCUT2D eigenvalue weighted by molar-refractivity contribution is 5.93. The summed E-state index contributed by atoms with van der Waals surface area (Å²) in [6, 6.07) is -0.752. The van der Waals surface area contributed by atoms with Crippen LogP contribution in [0.15, 0.2) is 10.1 Å². The molecule has 110 valence electrons. The van der Waals surface area contributed by atoms with E-state index in [0.29, 0.717) is 13.0 Å². The number of hydrogen-bond acceptors (Lipinski definition) is 5. The Morgan fingerprint density at radius 1 is 1.32 bits per heavy atom. The lowest BCUT2D eigenvalue weighted by atomic mass is 10.1. The van der Waals surface area contributed by atoms with Crippen molar-refractivity contribution in [2.75, 3.05) is 20.6 Å². The van der Waals surface area contributed by atoms with Gasteiger partial charge in [0.2, 0.25) is 0 Å². The Kier molecular flexibility index (Phi) is 8.22. The molecule has 0 radical (unpaired) electrons. The van der Waals surface area contributed by atoms with E-state index in [2.05, 4.69) is 15.0 Å². The summed E-state index contributed by atoms with van der Waals surface area (Å²) in [4.78, 5) is 21.2. The molecule has 0 aromatic heterocycles. The van der Waals surface area contributed by atoms with Crippen molar-refractivity contribution in [1.82, 2.24) is 4.90 Å². The van der Waals surface area contributed by atoms with Gasteiger partial charge in [-0.15, -0.1) is 0 Å². The van der Waals surface area contributed by atoms with Gasteiger partial charge in [0.15, 0.2) is 5.96 Å². The largest absolute Gasteiger partial charge is 0.369 e. The second-order valence-electron chi connectivity index (χ2n) is 4.12. The number of aliphatic imine (C=N–C) groups is 1. The normalized spacial score (nSPS) is 14.1. The van der Waals surface area contributed by atoms with Gasteiger partial charge in [-0.2, -0.15) is 4.99 Å². The smallest absolute Gasteiger partial charge is 0.351 e. The summed E-state index contributed by atoms with van der Waals surface area (Å²) in [5.41, 5.74) is 21.8. The molecule has 0 heterocycles. The Bertz CT molecular complexity index is 341. The Hall–Kier alpha value is -1.87. The van der Waals surface area contributed by atoms with Gasteiger partial charge in [0.1, 0.15) is 6.04 Å². The van der Waals surface area contributed by atoms with Gasteiger partial charge in [0.05, 0.1) is 0 Å². The molecule has 0 rings (SSSR count). The van der Waals surface area contributed by atoms with Gasteiger partial charge in [-0.25, -0.2) is 4.79 Å². The minimum absolute atomic E-state index is 0.143. The maximum absolute atomic E-state index is 11.4. The van der Waals surface area contributed by atoms with Gasteiger partial charge in [-0.1, -0.05) is 6.42 Å². The summed E-state index contributed by atoms with van der Waals surface area (Å²) in [7, 11) is 3.37. The molecule has 0 fully saturated rings. The van der Waals surface area contributed by atoms with E-state index in [1.165, 1.54) is 4.90 Å². The lowest BCUT2D eigenvalue weighted by Gasteiger charge is -2.10. The summed E-state index contributed by atoms with van der Waals surface area (Å²) in [6.45, 7) is 0.561. The first-order chi connectivity index (χ1) is 8.88. The molecule has 19 heavy (non-hydrogen) atoms. The SMILES string of the molecule is CN(C)C(N)=NC(N)=NOC(=O)C(N)CCCCN. The van der Waals surface area contributed by atoms with Crippen LogP contribution in [0.2, 0.25) is 0 Å². The van der Waals surface area contributed by atoms with Crippen molar-refractivity contribution in [2.24, 2.45) is 33.1 Å². The van der Waals surface area contributed by atoms with E-state index in [9.17, 15) is 4.79 Å². The van der Waals surface area contributed by atoms with Crippen LogP contribution in [0.3, 0.4) is 0 Å². The number of unbranched alkanes of at least 4 members (excludes halogenated alkanes) is 1. The highest BCUT2D eigenvalue weighted by Crippen LogP contribution is 2.00. The summed E-state index contributed by atoms with van der Waals surface area (Å²) in [5, 5.41) is 3.34. The second kappa shape index (κ2) is 9.11. The molecule has 0 aromatic carbocycles.